The largest absolute Gasteiger partial charge is 0.508 e. The van der Waals surface area contributed by atoms with Crippen molar-refractivity contribution >= 4 is 178 Å². The number of aryl methyl sites for hydroxylation is 18. The molecular formula is C115H132Cl4FeI2O17P4. The predicted octanol–water partition coefficient (Wildman–Crippen LogP) is 39.8. The van der Waals surface area contributed by atoms with Crippen molar-refractivity contribution in [3.63, 3.8) is 0 Å². The van der Waals surface area contributed by atoms with Crippen molar-refractivity contribution in [2.24, 2.45) is 0 Å². The number of ether oxygens (including phenoxy) is 4. The van der Waals surface area contributed by atoms with E-state index in [1.54, 1.807) is 46.6 Å². The van der Waals surface area contributed by atoms with Gasteiger partial charge in [-0.1, -0.05) is 176 Å². The molecule has 3 aromatic heterocycles. The monoisotopic (exact) mass is 2360 g/mol. The topological polar surface area (TPSA) is 235 Å². The van der Waals surface area contributed by atoms with Crippen LogP contribution in [0.1, 0.15) is 204 Å². The van der Waals surface area contributed by atoms with Crippen LogP contribution in [0.25, 0.3) is 99.2 Å². The van der Waals surface area contributed by atoms with E-state index in [-0.39, 0.29) is 62.2 Å². The smallest absolute Gasteiger partial charge is 0.453 e. The van der Waals surface area contributed by atoms with E-state index in [9.17, 15) is 20.4 Å². The molecule has 13 aromatic carbocycles. The quantitative estimate of drug-likeness (QED) is 0.0434. The zero-order chi connectivity index (χ0) is 105. The van der Waals surface area contributed by atoms with Gasteiger partial charge in [0.2, 0.25) is 0 Å². The summed E-state index contributed by atoms with van der Waals surface area (Å²) >= 11 is 25.1. The van der Waals surface area contributed by atoms with Crippen LogP contribution in [0.3, 0.4) is 0 Å². The third kappa shape index (κ3) is 28.7. The summed E-state index contributed by atoms with van der Waals surface area (Å²) in [6, 6.07) is 54.1. The number of hydrogen-bond acceptors (Lipinski definition) is 17. The van der Waals surface area contributed by atoms with Gasteiger partial charge in [0.05, 0.1) is 28.4 Å². The first-order valence-electron chi connectivity index (χ1n) is 46.3. The molecule has 764 valence electrons. The molecule has 1 atom stereocenters. The SMILES string of the molecule is COc1cc(-c2cc(OC)cc(C(C)(C)C)c2O)c(O)c(C(C)(C)C)c1.COc1cc(C(C)C)c2op(Oc3c(C)cc(C)cc3-c3cc(C)cc(C)c3Op3oc4c(C)cc(C)cc4c4cc(C)cc(C)c4o3)oc3c(C(C)(C)C)cc(OC)cc3c2c1.Cc1cc(C)c(O)c(-c2cc(C)cc(C)c2O)c1.Cc1cc(C)c2op(Cl)oc3c(C)cc(C)cc3c2c1.Cc1ccc(O)c(C)c1.ClP(Cl)Cl.II.[Fe]. The molecule has 0 spiro atoms. The average Bonchev–Trinajstić information content (AvgIpc) is 1.63. The summed E-state index contributed by atoms with van der Waals surface area (Å²) in [6.07, 6.45) is 0. The molecule has 17 nitrogen and oxygen atoms in total. The van der Waals surface area contributed by atoms with Gasteiger partial charge in [0.25, 0.3) is 0 Å². The van der Waals surface area contributed by atoms with Gasteiger partial charge in [-0.25, -0.2) is 0 Å². The summed E-state index contributed by atoms with van der Waals surface area (Å²) < 4.78 is 76.2. The standard InChI is InChI=1S/C53H58O8P2.C22H30O4.C16H16ClO2P.C16H18O2.C8H10O.Cl3P.Fe.I2/c1-28(2)39-24-37(54-14)25-44-45-26-38(55-15)27-46(53(11,12)13)52(45)61-63(60-51(39)44)59-50-36(10)19-32(6)23-43(50)42-22-31(5)18-35(9)49(42)58-62-56-47-33(7)16-29(3)20-40(47)41-21-30(4)17-34(8)48(41)57-62;1-21(2,3)17-11-13(25-7)9-15(19(17)23)16-10-14(26-8)12-18(20(16)24)22(4,5)6;1-9-5-11(3)15-13(7-9)14-8-10(2)6-12(4)16(14)19-20(17)18-15;1-9-5-11(3)15(17)13(7-9)14-8-10(2)6-12(4)16(14)18;1-6-3-4-8(9)7(2)5-6;1-4(2)3;;1-2/h16-28H,1-15H3;9-12,23-24H,1-8H3;5-8H,1-4H3;5-8,17-18H,1-4H3;3-5,9H,1-2H3;;;. The minimum atomic E-state index is -2.10. The molecule has 0 radical (unpaired) electrons. The third-order valence-corrected chi connectivity index (χ3v) is 27.2. The normalized spacial score (nSPS) is 11.4. The summed E-state index contributed by atoms with van der Waals surface area (Å²) in [5, 5.41) is 57.1. The van der Waals surface area contributed by atoms with Crippen LogP contribution < -0.4 is 28.0 Å². The maximum atomic E-state index is 11.0. The average molecular weight is 2360 g/mol. The molecule has 0 aliphatic heterocycles. The number of benzene rings is 13. The van der Waals surface area contributed by atoms with Crippen LogP contribution in [-0.2, 0) is 33.3 Å². The van der Waals surface area contributed by atoms with Crippen molar-refractivity contribution in [3.8, 4) is 96.6 Å². The molecule has 3 heterocycles. The van der Waals surface area contributed by atoms with Gasteiger partial charge in [0.1, 0.15) is 96.7 Å². The summed E-state index contributed by atoms with van der Waals surface area (Å²) in [6.45, 7) is 59.5. The molecule has 5 N–H and O–H groups in total. The zero-order valence-corrected chi connectivity index (χ0v) is 99.7. The van der Waals surface area contributed by atoms with Crippen LogP contribution in [0, 0.1) is 125 Å². The molecule has 143 heavy (non-hydrogen) atoms. The Bertz CT molecular complexity index is 7270. The van der Waals surface area contributed by atoms with E-state index >= 15 is 0 Å². The minimum absolute atomic E-state index is 0. The van der Waals surface area contributed by atoms with Crippen molar-refractivity contribution < 1.29 is 95.8 Å². The zero-order valence-electron chi connectivity index (χ0n) is 87.7. The fourth-order valence-electron chi connectivity index (χ4n) is 17.6. The van der Waals surface area contributed by atoms with E-state index < -0.39 is 29.8 Å². The van der Waals surface area contributed by atoms with Crippen molar-refractivity contribution in [2.75, 3.05) is 28.4 Å². The van der Waals surface area contributed by atoms with Gasteiger partial charge in [-0.3, -0.25) is 0 Å². The van der Waals surface area contributed by atoms with Gasteiger partial charge < -0.3 is 78.7 Å². The summed E-state index contributed by atoms with van der Waals surface area (Å²) in [4.78, 5) is 0. The van der Waals surface area contributed by atoms with Gasteiger partial charge in [-0.05, 0) is 344 Å². The number of fused-ring (bicyclic) bond motifs is 9. The molecule has 0 saturated carbocycles. The molecule has 0 aliphatic carbocycles. The van der Waals surface area contributed by atoms with Crippen LogP contribution >= 0.6 is 112 Å². The van der Waals surface area contributed by atoms with Gasteiger partial charge in [0, 0.05) is 153 Å². The Morgan fingerprint density at radius 2 is 0.552 bits per heavy atom. The Morgan fingerprint density at radius 3 is 0.874 bits per heavy atom. The first-order valence-corrected chi connectivity index (χ1v) is 60.9. The predicted molar refractivity (Wildman–Crippen MR) is 617 cm³/mol. The molecule has 0 saturated heterocycles. The maximum Gasteiger partial charge on any atom is 0.453 e. The van der Waals surface area contributed by atoms with Crippen molar-refractivity contribution in [2.45, 2.75) is 223 Å². The summed E-state index contributed by atoms with van der Waals surface area (Å²) in [5.41, 5.74) is 30.0. The molecule has 16 aromatic rings. The van der Waals surface area contributed by atoms with E-state index in [2.05, 4.69) is 214 Å². The number of phenolic OH excluding ortho intramolecular Hbond substituents is 5. The Balaban J connectivity index is 0.000000231. The van der Waals surface area contributed by atoms with Crippen LogP contribution in [0.5, 0.6) is 63.2 Å². The molecule has 1 unspecified atom stereocenters. The third-order valence-electron chi connectivity index (χ3n) is 24.1. The minimum Gasteiger partial charge on any atom is -0.508 e. The Labute approximate surface area is 899 Å². The second kappa shape index (κ2) is 49.6. The number of halogens is 6. The number of aromatic hydroxyl groups is 5. The Kier molecular flexibility index (Phi) is 40.8. The molecule has 0 bridgehead atoms. The second-order valence-electron chi connectivity index (χ2n) is 39.8. The molecule has 0 fully saturated rings. The van der Waals surface area contributed by atoms with E-state index in [4.69, 9.17) is 103 Å². The molecule has 0 aliphatic rings. The molecule has 28 heteroatoms. The first-order chi connectivity index (χ1) is 66.5. The van der Waals surface area contributed by atoms with Crippen molar-refractivity contribution in [1.29, 1.82) is 0 Å². The van der Waals surface area contributed by atoms with Crippen LogP contribution in [-0.4, -0.2) is 54.0 Å². The number of methoxy groups -OCH3 is 4. The number of phenols is 5. The second-order valence-corrected chi connectivity index (χ2v) is 48.4. The van der Waals surface area contributed by atoms with Crippen molar-refractivity contribution in [3.05, 3.63) is 286 Å². The summed E-state index contributed by atoms with van der Waals surface area (Å²) in [7, 11) is 1.02. The molecular weight excluding hydrogens is 2230 g/mol. The van der Waals surface area contributed by atoms with Crippen LogP contribution in [0.2, 0.25) is 0 Å². The van der Waals surface area contributed by atoms with Gasteiger partial charge in [-0.2, -0.15) is 0 Å². The van der Waals surface area contributed by atoms with Crippen molar-refractivity contribution in [1.82, 2.24) is 0 Å². The van der Waals surface area contributed by atoms with Crippen LogP contribution in [0.15, 0.2) is 189 Å². The first kappa shape index (κ1) is 117. The van der Waals surface area contributed by atoms with E-state index in [1.807, 2.05) is 170 Å². The van der Waals surface area contributed by atoms with Crippen LogP contribution in [0.4, 0.5) is 0 Å². The van der Waals surface area contributed by atoms with E-state index in [0.717, 1.165) is 183 Å². The maximum absolute atomic E-state index is 11.0. The van der Waals surface area contributed by atoms with Gasteiger partial charge in [0.15, 0.2) is 5.98 Å². The van der Waals surface area contributed by atoms with E-state index in [0.29, 0.717) is 62.2 Å². The molecule has 16 rings (SSSR count). The summed E-state index contributed by atoms with van der Waals surface area (Å²) in [5.74, 6) is 3.99. The molecule has 0 amide bonds. The number of hydrogen-bond donors (Lipinski definition) is 5. The fraction of sp³-hybridized carbons (Fsp3) is 0.322. The van der Waals surface area contributed by atoms with Gasteiger partial charge >= 0.3 is 23.8 Å². The van der Waals surface area contributed by atoms with E-state index in [1.165, 1.54) is 16.7 Å². The fourth-order valence-corrected chi connectivity index (χ4v) is 21.3. The number of rotatable bonds is 12. The Morgan fingerprint density at radius 1 is 0.294 bits per heavy atom. The Hall–Kier alpha value is -9.07. The van der Waals surface area contributed by atoms with Gasteiger partial charge in [-0.15, -0.1) is 0 Å².